The molecule has 0 fully saturated rings. The second-order valence-electron chi connectivity index (χ2n) is 3.75. The van der Waals surface area contributed by atoms with Gasteiger partial charge in [0.2, 0.25) is 0 Å². The quantitative estimate of drug-likeness (QED) is 0.772. The van der Waals surface area contributed by atoms with Gasteiger partial charge in [0.15, 0.2) is 0 Å². The van der Waals surface area contributed by atoms with Gasteiger partial charge in [-0.15, -0.1) is 0 Å². The van der Waals surface area contributed by atoms with Crippen LogP contribution in [0.2, 0.25) is 0 Å². The Morgan fingerprint density at radius 3 is 2.63 bits per heavy atom. The summed E-state index contributed by atoms with van der Waals surface area (Å²) in [4.78, 5) is 26.2. The highest BCUT2D eigenvalue weighted by Crippen LogP contribution is 2.07. The number of carbonyl (C=O) groups excluding carboxylic acids is 1. The van der Waals surface area contributed by atoms with E-state index in [1.165, 1.54) is 13.3 Å². The number of hydrogen-bond acceptors (Lipinski definition) is 4. The minimum atomic E-state index is -0.397. The normalized spacial score (nSPS) is 10.2. The first-order chi connectivity index (χ1) is 9.31. The van der Waals surface area contributed by atoms with Gasteiger partial charge in [0.1, 0.15) is 6.61 Å². The summed E-state index contributed by atoms with van der Waals surface area (Å²) in [5.41, 5.74) is 1.35. The van der Waals surface area contributed by atoms with Crippen LogP contribution in [0.4, 0.5) is 0 Å². The van der Waals surface area contributed by atoms with E-state index in [9.17, 15) is 4.79 Å². The zero-order chi connectivity index (χ0) is 13.5. The number of amides is 1. The molecule has 5 heteroatoms. The number of pyridine rings is 1. The minimum Gasteiger partial charge on any atom is -0.264 e. The molecule has 0 N–H and O–H groups in total. The van der Waals surface area contributed by atoms with E-state index in [0.717, 1.165) is 10.8 Å². The van der Waals surface area contributed by atoms with E-state index in [-0.39, 0.29) is 6.61 Å². The second-order valence-corrected chi connectivity index (χ2v) is 3.75. The van der Waals surface area contributed by atoms with Crippen LogP contribution in [0, 0.1) is 0 Å². The molecule has 19 heavy (non-hydrogen) atoms. The summed E-state index contributed by atoms with van der Waals surface area (Å²) < 4.78 is 0. The summed E-state index contributed by atoms with van der Waals surface area (Å²) >= 11 is 0. The molecule has 0 radical (unpaired) electrons. The van der Waals surface area contributed by atoms with Crippen LogP contribution >= 0.6 is 0 Å². The van der Waals surface area contributed by atoms with Crippen LogP contribution in [0.15, 0.2) is 54.9 Å². The molecule has 1 heterocycles. The van der Waals surface area contributed by atoms with Crippen molar-refractivity contribution in [1.29, 1.82) is 0 Å². The van der Waals surface area contributed by atoms with Gasteiger partial charge in [0.05, 0.1) is 12.7 Å². The molecule has 2 aromatic rings. The highest BCUT2D eigenvalue weighted by molar-refractivity contribution is 5.92. The van der Waals surface area contributed by atoms with E-state index in [4.69, 9.17) is 9.68 Å². The molecule has 0 aliphatic rings. The molecule has 0 saturated heterocycles. The lowest BCUT2D eigenvalue weighted by Gasteiger charge is -2.18. The number of benzene rings is 1. The lowest BCUT2D eigenvalue weighted by atomic mass is 10.2. The summed E-state index contributed by atoms with van der Waals surface area (Å²) in [6, 6.07) is 12.9. The van der Waals surface area contributed by atoms with Crippen LogP contribution in [0.5, 0.6) is 0 Å². The van der Waals surface area contributed by atoms with Gasteiger partial charge in [-0.3, -0.25) is 9.78 Å². The molecule has 0 aliphatic heterocycles. The van der Waals surface area contributed by atoms with Gasteiger partial charge in [-0.05, 0) is 17.7 Å². The first-order valence-electron chi connectivity index (χ1n) is 5.76. The lowest BCUT2D eigenvalue weighted by Crippen LogP contribution is -2.30. The standard InChI is InChI=1S/C14H14N2O3/c1-18-16(14(17)13-8-5-9-15-10-13)19-11-12-6-3-2-4-7-12/h2-10H,11H2,1H3. The van der Waals surface area contributed by atoms with E-state index < -0.39 is 5.91 Å². The van der Waals surface area contributed by atoms with Gasteiger partial charge >= 0.3 is 5.91 Å². The third-order valence-corrected chi connectivity index (χ3v) is 2.43. The van der Waals surface area contributed by atoms with Crippen molar-refractivity contribution in [2.24, 2.45) is 0 Å². The Morgan fingerprint density at radius 1 is 1.21 bits per heavy atom. The van der Waals surface area contributed by atoms with Gasteiger partial charge < -0.3 is 0 Å². The zero-order valence-corrected chi connectivity index (χ0v) is 10.5. The Bertz CT molecular complexity index is 517. The maximum Gasteiger partial charge on any atom is 0.305 e. The number of aromatic nitrogens is 1. The van der Waals surface area contributed by atoms with Gasteiger partial charge in [-0.25, -0.2) is 9.68 Å². The maximum atomic E-state index is 12.0. The van der Waals surface area contributed by atoms with Crippen molar-refractivity contribution < 1.29 is 14.5 Å². The Hall–Kier alpha value is -2.24. The summed E-state index contributed by atoms with van der Waals surface area (Å²) in [6.45, 7) is 0.251. The second kappa shape index (κ2) is 6.63. The monoisotopic (exact) mass is 258 g/mol. The topological polar surface area (TPSA) is 51.7 Å². The fourth-order valence-corrected chi connectivity index (χ4v) is 1.50. The van der Waals surface area contributed by atoms with Gasteiger partial charge in [0.25, 0.3) is 0 Å². The Balaban J connectivity index is 1.99. The van der Waals surface area contributed by atoms with Crippen LogP contribution < -0.4 is 0 Å². The smallest absolute Gasteiger partial charge is 0.264 e. The molecular formula is C14H14N2O3. The van der Waals surface area contributed by atoms with Crippen molar-refractivity contribution in [2.75, 3.05) is 7.11 Å². The van der Waals surface area contributed by atoms with E-state index in [2.05, 4.69) is 4.98 Å². The zero-order valence-electron chi connectivity index (χ0n) is 10.5. The van der Waals surface area contributed by atoms with E-state index in [0.29, 0.717) is 5.56 Å². The van der Waals surface area contributed by atoms with Crippen molar-refractivity contribution in [3.63, 3.8) is 0 Å². The van der Waals surface area contributed by atoms with E-state index in [1.807, 2.05) is 30.3 Å². The highest BCUT2D eigenvalue weighted by Gasteiger charge is 2.16. The number of hydrogen-bond donors (Lipinski definition) is 0. The first kappa shape index (κ1) is 13.2. The predicted octanol–water partition coefficient (Wildman–Crippen LogP) is 2.22. The SMILES string of the molecule is CON(OCc1ccccc1)C(=O)c1cccnc1. The Kier molecular flexibility index (Phi) is 4.60. The molecule has 1 amide bonds. The number of hydroxylamine groups is 2. The Labute approximate surface area is 111 Å². The summed E-state index contributed by atoms with van der Waals surface area (Å²) in [5, 5.41) is 0.851. The van der Waals surface area contributed by atoms with Crippen LogP contribution in [0.3, 0.4) is 0 Å². The van der Waals surface area contributed by atoms with Crippen molar-refractivity contribution in [2.45, 2.75) is 6.61 Å². The van der Waals surface area contributed by atoms with Crippen LogP contribution in [0.25, 0.3) is 0 Å². The molecule has 0 unspecified atom stereocenters. The van der Waals surface area contributed by atoms with Crippen molar-refractivity contribution >= 4 is 5.91 Å². The van der Waals surface area contributed by atoms with Gasteiger partial charge in [-0.1, -0.05) is 35.6 Å². The third-order valence-electron chi connectivity index (χ3n) is 2.43. The van der Waals surface area contributed by atoms with Gasteiger partial charge in [0, 0.05) is 12.4 Å². The molecule has 0 bridgehead atoms. The van der Waals surface area contributed by atoms with Crippen molar-refractivity contribution in [1.82, 2.24) is 10.2 Å². The number of rotatable bonds is 5. The molecule has 1 aromatic carbocycles. The maximum absolute atomic E-state index is 12.0. The fraction of sp³-hybridized carbons (Fsp3) is 0.143. The largest absolute Gasteiger partial charge is 0.305 e. The third kappa shape index (κ3) is 3.61. The minimum absolute atomic E-state index is 0.251. The van der Waals surface area contributed by atoms with Crippen LogP contribution in [-0.4, -0.2) is 23.2 Å². The molecule has 5 nitrogen and oxygen atoms in total. The average molecular weight is 258 g/mol. The van der Waals surface area contributed by atoms with Crippen LogP contribution in [0.1, 0.15) is 15.9 Å². The molecule has 1 aromatic heterocycles. The van der Waals surface area contributed by atoms with Crippen LogP contribution in [-0.2, 0) is 16.3 Å². The molecule has 0 aliphatic carbocycles. The lowest BCUT2D eigenvalue weighted by molar-refractivity contribution is -0.320. The van der Waals surface area contributed by atoms with Crippen molar-refractivity contribution in [3.8, 4) is 0 Å². The summed E-state index contributed by atoms with van der Waals surface area (Å²) in [6.07, 6.45) is 3.05. The molecule has 0 atom stereocenters. The molecule has 98 valence electrons. The Morgan fingerprint density at radius 2 is 2.00 bits per heavy atom. The van der Waals surface area contributed by atoms with E-state index >= 15 is 0 Å². The molecule has 0 saturated carbocycles. The van der Waals surface area contributed by atoms with Crippen molar-refractivity contribution in [3.05, 3.63) is 66.0 Å². The first-order valence-corrected chi connectivity index (χ1v) is 5.76. The summed E-state index contributed by atoms with van der Waals surface area (Å²) in [5.74, 6) is -0.397. The predicted molar refractivity (Wildman–Crippen MR) is 68.6 cm³/mol. The van der Waals surface area contributed by atoms with Gasteiger partial charge in [-0.2, -0.15) is 0 Å². The van der Waals surface area contributed by atoms with E-state index in [1.54, 1.807) is 18.3 Å². The molecule has 2 rings (SSSR count). The summed E-state index contributed by atoms with van der Waals surface area (Å²) in [7, 11) is 1.37. The number of carbonyl (C=O) groups is 1. The highest BCUT2D eigenvalue weighted by atomic mass is 16.9. The number of nitrogens with zero attached hydrogens (tertiary/aromatic N) is 2. The average Bonchev–Trinajstić information content (AvgIpc) is 2.49. The molecular weight excluding hydrogens is 244 g/mol. The molecule has 0 spiro atoms. The fourth-order valence-electron chi connectivity index (χ4n) is 1.50.